The summed E-state index contributed by atoms with van der Waals surface area (Å²) >= 11 is 0. The minimum atomic E-state index is -5.01. The van der Waals surface area contributed by atoms with Crippen LogP contribution in [0, 0.1) is 23.7 Å². The van der Waals surface area contributed by atoms with Crippen LogP contribution < -0.4 is 19.7 Å². The van der Waals surface area contributed by atoms with Gasteiger partial charge in [-0.15, -0.1) is 0 Å². The maximum Gasteiger partial charge on any atom is 0.434 e. The zero-order chi connectivity index (χ0) is 38.8. The Kier molecular flexibility index (Phi) is 8.89. The summed E-state index contributed by atoms with van der Waals surface area (Å²) in [5.41, 5.74) is -1.98. The van der Waals surface area contributed by atoms with Crippen LogP contribution in [0.3, 0.4) is 0 Å². The number of carboxylic acid groups (broad SMARTS) is 1. The molecule has 56 heavy (non-hydrogen) atoms. The number of nitrogens with one attached hydrogen (secondary N) is 1. The smallest absolute Gasteiger partial charge is 0.434 e. The molecule has 0 unspecified atom stereocenters. The first-order chi connectivity index (χ1) is 27.0. The number of nitrogens with zero attached hydrogens (tertiary/aromatic N) is 5. The summed E-state index contributed by atoms with van der Waals surface area (Å²) in [6.45, 7) is 1.44. The van der Waals surface area contributed by atoms with Crippen LogP contribution in [0.5, 0.6) is 11.5 Å². The van der Waals surface area contributed by atoms with Crippen molar-refractivity contribution in [3.05, 3.63) is 90.5 Å². The topological polar surface area (TPSA) is 132 Å². The molecular weight excluding hydrogens is 725 g/mol. The Labute approximate surface area is 320 Å². The third kappa shape index (κ3) is 6.19. The number of rotatable bonds is 9. The molecule has 1 amide bonds. The summed E-state index contributed by atoms with van der Waals surface area (Å²) in [5.74, 6) is -0.305. The first-order valence-electron chi connectivity index (χ1n) is 19.1. The van der Waals surface area contributed by atoms with E-state index in [2.05, 4.69) is 25.2 Å². The Morgan fingerprint density at radius 3 is 2.27 bits per heavy atom. The van der Waals surface area contributed by atoms with Crippen LogP contribution in [0.2, 0.25) is 0 Å². The molecule has 4 saturated carbocycles. The Morgan fingerprint density at radius 1 is 0.911 bits per heavy atom. The molecular formula is C42H41F3N6O5. The van der Waals surface area contributed by atoms with Gasteiger partial charge in [-0.1, -0.05) is 12.1 Å². The second kappa shape index (κ2) is 13.8. The standard InChI is InChI=1S/C42H41F3N6O5/c1-55-36-6-3-2-5-34(36)51-23-32(30-8-7-29(22-35(30)51)56-28-11-15-50(16-12-28)40-46-13-4-14-47-40)33-10-9-31(37(48-33)42(43,44)45)38(52)49-41(39(53)54)26-18-24-17-25(20-26)21-27(41)19-24/h2-10,13-14,22-28H,11-12,15-21H2,1H3,(H,49,52)(H,53,54). The molecule has 2 aromatic carbocycles. The van der Waals surface area contributed by atoms with Gasteiger partial charge in [-0.3, -0.25) is 4.79 Å². The van der Waals surface area contributed by atoms with Gasteiger partial charge >= 0.3 is 12.1 Å². The molecule has 1 aliphatic heterocycles. The summed E-state index contributed by atoms with van der Waals surface area (Å²) in [6, 6.07) is 17.1. The van der Waals surface area contributed by atoms with Gasteiger partial charge in [0.25, 0.3) is 5.91 Å². The predicted octanol–water partition coefficient (Wildman–Crippen LogP) is 7.57. The van der Waals surface area contributed by atoms with Crippen molar-refractivity contribution in [2.75, 3.05) is 25.1 Å². The van der Waals surface area contributed by atoms with Crippen molar-refractivity contribution < 1.29 is 37.3 Å². The van der Waals surface area contributed by atoms with E-state index in [0.29, 0.717) is 77.1 Å². The summed E-state index contributed by atoms with van der Waals surface area (Å²) in [5, 5.41) is 13.8. The lowest BCUT2D eigenvalue weighted by Crippen LogP contribution is -2.70. The number of alkyl halides is 3. The highest BCUT2D eigenvalue weighted by Gasteiger charge is 2.62. The average molecular weight is 767 g/mol. The van der Waals surface area contributed by atoms with E-state index in [9.17, 15) is 27.9 Å². The van der Waals surface area contributed by atoms with Crippen molar-refractivity contribution >= 4 is 28.7 Å². The number of piperidine rings is 1. The van der Waals surface area contributed by atoms with E-state index in [4.69, 9.17) is 9.47 Å². The van der Waals surface area contributed by atoms with E-state index in [1.54, 1.807) is 50.0 Å². The molecule has 10 rings (SSSR count). The fraction of sp³-hybridized carbons (Fsp3) is 0.405. The van der Waals surface area contributed by atoms with Crippen LogP contribution in [0.25, 0.3) is 27.8 Å². The number of para-hydroxylation sites is 2. The molecule has 0 radical (unpaired) electrons. The fourth-order valence-corrected chi connectivity index (χ4v) is 10.1. The summed E-state index contributed by atoms with van der Waals surface area (Å²) < 4.78 is 58.7. The molecule has 4 bridgehead atoms. The van der Waals surface area contributed by atoms with Crippen molar-refractivity contribution in [3.63, 3.8) is 0 Å². The highest BCUT2D eigenvalue weighted by Crippen LogP contribution is 2.58. The van der Waals surface area contributed by atoms with Gasteiger partial charge in [-0.2, -0.15) is 13.2 Å². The van der Waals surface area contributed by atoms with Crippen LogP contribution >= 0.6 is 0 Å². The lowest BCUT2D eigenvalue weighted by Gasteiger charge is -2.59. The number of pyridine rings is 1. The van der Waals surface area contributed by atoms with Gasteiger partial charge in [0, 0.05) is 61.5 Å². The molecule has 2 N–H and O–H groups in total. The minimum absolute atomic E-state index is 0.000680. The van der Waals surface area contributed by atoms with E-state index < -0.39 is 34.8 Å². The van der Waals surface area contributed by atoms with Crippen molar-refractivity contribution in [3.8, 4) is 28.4 Å². The second-order valence-electron chi connectivity index (χ2n) is 15.6. The van der Waals surface area contributed by atoms with Crippen LogP contribution in [-0.2, 0) is 11.0 Å². The summed E-state index contributed by atoms with van der Waals surface area (Å²) in [4.78, 5) is 41.7. The number of anilines is 1. The molecule has 4 aliphatic carbocycles. The Bertz CT molecular complexity index is 2280. The number of amides is 1. The van der Waals surface area contributed by atoms with Gasteiger partial charge in [0.1, 0.15) is 23.1 Å². The van der Waals surface area contributed by atoms with Crippen LogP contribution in [0.1, 0.15) is 61.0 Å². The zero-order valence-electron chi connectivity index (χ0n) is 30.7. The van der Waals surface area contributed by atoms with Crippen molar-refractivity contribution in [2.24, 2.45) is 23.7 Å². The van der Waals surface area contributed by atoms with Crippen molar-refractivity contribution in [1.82, 2.24) is 24.8 Å². The third-order valence-corrected chi connectivity index (χ3v) is 12.5. The molecule has 5 aliphatic rings. The number of aliphatic carboxylic acids is 1. The Morgan fingerprint density at radius 2 is 1.61 bits per heavy atom. The molecule has 290 valence electrons. The number of aromatic nitrogens is 4. The van der Waals surface area contributed by atoms with Gasteiger partial charge in [-0.05, 0) is 98.2 Å². The van der Waals surface area contributed by atoms with Gasteiger partial charge < -0.3 is 29.4 Å². The van der Waals surface area contributed by atoms with Gasteiger partial charge in [0.15, 0.2) is 5.69 Å². The molecule has 1 saturated heterocycles. The summed E-state index contributed by atoms with van der Waals surface area (Å²) in [7, 11) is 1.55. The monoisotopic (exact) mass is 766 g/mol. The number of carboxylic acids is 1. The highest BCUT2D eigenvalue weighted by atomic mass is 19.4. The second-order valence-corrected chi connectivity index (χ2v) is 15.6. The van der Waals surface area contributed by atoms with E-state index in [0.717, 1.165) is 38.4 Å². The molecule has 11 nitrogen and oxygen atoms in total. The van der Waals surface area contributed by atoms with E-state index in [1.165, 1.54) is 6.07 Å². The fourth-order valence-electron chi connectivity index (χ4n) is 10.1. The first-order valence-corrected chi connectivity index (χ1v) is 19.1. The van der Waals surface area contributed by atoms with Crippen molar-refractivity contribution in [2.45, 2.75) is 62.8 Å². The highest BCUT2D eigenvalue weighted by molar-refractivity contribution is 6.01. The molecule has 5 fully saturated rings. The zero-order valence-corrected chi connectivity index (χ0v) is 30.7. The molecule has 0 spiro atoms. The van der Waals surface area contributed by atoms with Gasteiger partial charge in [0.2, 0.25) is 5.95 Å². The van der Waals surface area contributed by atoms with Crippen molar-refractivity contribution in [1.29, 1.82) is 0 Å². The Hall–Kier alpha value is -5.66. The number of fused-ring (bicyclic) bond motifs is 1. The predicted molar refractivity (Wildman–Crippen MR) is 201 cm³/mol. The first kappa shape index (κ1) is 36.0. The number of halogens is 3. The summed E-state index contributed by atoms with van der Waals surface area (Å²) in [6.07, 6.45) is 5.19. The number of methoxy groups -OCH3 is 1. The number of ether oxygens (including phenoxy) is 2. The maximum atomic E-state index is 14.9. The lowest BCUT2D eigenvalue weighted by molar-refractivity contribution is -0.163. The number of carbonyl (C=O) groups is 2. The molecule has 14 heteroatoms. The minimum Gasteiger partial charge on any atom is -0.495 e. The van der Waals surface area contributed by atoms with Crippen LogP contribution in [-0.4, -0.2) is 68.3 Å². The van der Waals surface area contributed by atoms with E-state index in [1.807, 2.05) is 28.8 Å². The van der Waals surface area contributed by atoms with Gasteiger partial charge in [-0.25, -0.2) is 19.7 Å². The van der Waals surface area contributed by atoms with Crippen LogP contribution in [0.4, 0.5) is 19.1 Å². The molecule has 3 aromatic heterocycles. The average Bonchev–Trinajstić information content (AvgIpc) is 3.57. The largest absolute Gasteiger partial charge is 0.495 e. The number of benzene rings is 2. The SMILES string of the molecule is COc1ccccc1-n1cc(-c2ccc(C(=O)NC3(C(=O)O)C4CC5CC(C4)CC3C5)c(C(F)(F)F)n2)c2ccc(OC3CCN(c4ncccn4)CC3)cc21. The number of carbonyl (C=O) groups excluding carboxylic acids is 1. The maximum absolute atomic E-state index is 14.9. The quantitative estimate of drug-likeness (QED) is 0.156. The normalized spacial score (nSPS) is 24.7. The Balaban J connectivity index is 1.06. The number of hydrogen-bond donors (Lipinski definition) is 2. The van der Waals surface area contributed by atoms with E-state index in [-0.39, 0.29) is 23.6 Å². The molecule has 5 aromatic rings. The number of hydrogen-bond acceptors (Lipinski definition) is 8. The lowest BCUT2D eigenvalue weighted by atomic mass is 9.48. The molecule has 4 heterocycles. The molecule has 0 atom stereocenters. The van der Waals surface area contributed by atoms with Crippen LogP contribution in [0.15, 0.2) is 79.3 Å². The van der Waals surface area contributed by atoms with Gasteiger partial charge in [0.05, 0.1) is 29.6 Å². The van der Waals surface area contributed by atoms with E-state index >= 15 is 0 Å². The third-order valence-electron chi connectivity index (χ3n) is 12.5.